The van der Waals surface area contributed by atoms with Gasteiger partial charge in [-0.25, -0.2) is 18.6 Å². The Morgan fingerprint density at radius 2 is 1.28 bits per heavy atom. The first kappa shape index (κ1) is 24.0. The molecule has 1 heterocycles. The third kappa shape index (κ3) is 8.11. The van der Waals surface area contributed by atoms with E-state index in [1.807, 2.05) is 28.7 Å². The van der Waals surface area contributed by atoms with Crippen molar-refractivity contribution >= 4 is 34.3 Å². The van der Waals surface area contributed by atoms with Crippen LogP contribution in [-0.2, 0) is 0 Å². The van der Waals surface area contributed by atoms with Crippen molar-refractivity contribution in [2.24, 2.45) is 0 Å². The largest absolute Gasteiger partial charge is 0.286 e. The normalized spacial score (nSPS) is 11.8. The van der Waals surface area contributed by atoms with E-state index >= 15 is 0 Å². The summed E-state index contributed by atoms with van der Waals surface area (Å²) in [6.07, 6.45) is 6.52. The number of allylic oxidation sites excluding steroid dienone is 2. The second-order valence-corrected chi connectivity index (χ2v) is 9.40. The lowest BCUT2D eigenvalue weighted by atomic mass is 10.1. The Bertz CT molecular complexity index is 1150. The molecule has 0 N–H and O–H groups in total. The Hall–Kier alpha value is -2.68. The number of benzene rings is 3. The smallest absolute Gasteiger partial charge is 0.222 e. The summed E-state index contributed by atoms with van der Waals surface area (Å²) in [5.74, 6) is 0. The minimum Gasteiger partial charge on any atom is -0.222 e. The lowest BCUT2D eigenvalue weighted by molar-refractivity contribution is -2.00. The van der Waals surface area contributed by atoms with E-state index in [0.717, 1.165) is 0 Å². The van der Waals surface area contributed by atoms with E-state index in [4.69, 9.17) is 18.6 Å². The van der Waals surface area contributed by atoms with E-state index in [-0.39, 0.29) is 0 Å². The van der Waals surface area contributed by atoms with Gasteiger partial charge < -0.3 is 0 Å². The van der Waals surface area contributed by atoms with Gasteiger partial charge in [0.05, 0.1) is 28.2 Å². The van der Waals surface area contributed by atoms with Gasteiger partial charge in [-0.05, 0) is 17.2 Å². The highest BCUT2D eigenvalue weighted by molar-refractivity contribution is 7.33. The summed E-state index contributed by atoms with van der Waals surface area (Å²) in [6.45, 7) is 0. The maximum atomic E-state index is 8.49. The molecule has 0 saturated heterocycles. The van der Waals surface area contributed by atoms with Crippen molar-refractivity contribution in [3.05, 3.63) is 124 Å². The first-order valence-electron chi connectivity index (χ1n) is 9.48. The molecular formula is C25H19ClO4S2. The minimum absolute atomic E-state index is 1.21. The van der Waals surface area contributed by atoms with E-state index in [9.17, 15) is 0 Å². The van der Waals surface area contributed by atoms with Crippen LogP contribution in [0.15, 0.2) is 109 Å². The van der Waals surface area contributed by atoms with Crippen LogP contribution in [0.25, 0.3) is 22.1 Å². The summed E-state index contributed by atoms with van der Waals surface area (Å²) in [7, 11) is -4.94. The second kappa shape index (κ2) is 11.8. The molecular weight excluding hydrogens is 464 g/mol. The predicted octanol–water partition coefficient (Wildman–Crippen LogP) is 3.15. The van der Waals surface area contributed by atoms with E-state index in [2.05, 4.69) is 109 Å². The van der Waals surface area contributed by atoms with Crippen molar-refractivity contribution in [3.8, 4) is 10.4 Å². The van der Waals surface area contributed by atoms with Gasteiger partial charge in [0.1, 0.15) is 5.38 Å². The summed E-state index contributed by atoms with van der Waals surface area (Å²) >= 11 is 3.66. The van der Waals surface area contributed by atoms with E-state index < -0.39 is 10.2 Å². The van der Waals surface area contributed by atoms with Crippen LogP contribution in [0.5, 0.6) is 0 Å². The fourth-order valence-electron chi connectivity index (χ4n) is 2.82. The van der Waals surface area contributed by atoms with Gasteiger partial charge in [0, 0.05) is 5.56 Å². The number of hydrogen-bond donors (Lipinski definition) is 0. The fraction of sp³-hybridized carbons (Fsp3) is 0. The lowest BCUT2D eigenvalue weighted by Crippen LogP contribution is -2.68. The Kier molecular flexibility index (Phi) is 8.84. The molecule has 4 nitrogen and oxygen atoms in total. The molecule has 0 bridgehead atoms. The molecule has 0 saturated carbocycles. The molecule has 7 heteroatoms. The Balaban J connectivity index is 0.000000523. The minimum atomic E-state index is -4.94. The molecule has 162 valence electrons. The van der Waals surface area contributed by atoms with Gasteiger partial charge in [-0.15, -0.1) is 10.2 Å². The molecule has 0 aliphatic rings. The van der Waals surface area contributed by atoms with Gasteiger partial charge in [-0.1, -0.05) is 103 Å². The van der Waals surface area contributed by atoms with Crippen molar-refractivity contribution in [1.29, 1.82) is 0 Å². The molecule has 0 amide bonds. The Morgan fingerprint density at radius 3 is 1.88 bits per heavy atom. The molecule has 32 heavy (non-hydrogen) atoms. The van der Waals surface area contributed by atoms with Gasteiger partial charge in [0.2, 0.25) is 0 Å². The third-order valence-electron chi connectivity index (χ3n) is 4.19. The summed E-state index contributed by atoms with van der Waals surface area (Å²) in [5.41, 5.74) is 4.99. The Morgan fingerprint density at radius 1 is 0.750 bits per heavy atom. The molecule has 0 radical (unpaired) electrons. The molecule has 0 atom stereocenters. The van der Waals surface area contributed by atoms with E-state index in [1.54, 1.807) is 0 Å². The summed E-state index contributed by atoms with van der Waals surface area (Å²) in [6, 6.07) is 31.6. The van der Waals surface area contributed by atoms with Gasteiger partial charge in [0.25, 0.3) is 4.19 Å². The zero-order chi connectivity index (χ0) is 22.8. The molecule has 4 rings (SSSR count). The second-order valence-electron chi connectivity index (χ2n) is 6.45. The molecule has 1 aromatic heterocycles. The maximum absolute atomic E-state index is 8.49. The van der Waals surface area contributed by atoms with Gasteiger partial charge in [-0.3, -0.25) is 0 Å². The monoisotopic (exact) mass is 482 g/mol. The van der Waals surface area contributed by atoms with Crippen LogP contribution >= 0.6 is 22.7 Å². The molecule has 3 aromatic carbocycles. The van der Waals surface area contributed by atoms with E-state index in [0.29, 0.717) is 0 Å². The van der Waals surface area contributed by atoms with Crippen molar-refractivity contribution in [2.75, 3.05) is 0 Å². The van der Waals surface area contributed by atoms with Gasteiger partial charge >= 0.3 is 0 Å². The van der Waals surface area contributed by atoms with Crippen LogP contribution in [0.4, 0.5) is 0 Å². The first-order valence-corrected chi connectivity index (χ1v) is 12.4. The zero-order valence-electron chi connectivity index (χ0n) is 16.8. The fourth-order valence-corrected chi connectivity index (χ4v) is 5.18. The highest BCUT2D eigenvalue weighted by atomic mass is 35.7. The summed E-state index contributed by atoms with van der Waals surface area (Å²) in [4.78, 5) is 1.31. The quantitative estimate of drug-likeness (QED) is 0.322. The van der Waals surface area contributed by atoms with Crippen LogP contribution < -0.4 is 18.6 Å². The molecule has 0 aliphatic carbocycles. The summed E-state index contributed by atoms with van der Waals surface area (Å²) in [5, 5.41) is 2.26. The number of halogens is 1. The molecule has 0 aliphatic heterocycles. The van der Waals surface area contributed by atoms with Crippen LogP contribution in [0.2, 0.25) is 0 Å². The summed E-state index contributed by atoms with van der Waals surface area (Å²) < 4.78 is 35.3. The zero-order valence-corrected chi connectivity index (χ0v) is 19.2. The van der Waals surface area contributed by atoms with Crippen LogP contribution in [-0.4, -0.2) is 0 Å². The third-order valence-corrected chi connectivity index (χ3v) is 6.64. The van der Waals surface area contributed by atoms with Crippen molar-refractivity contribution < 1.29 is 28.9 Å². The van der Waals surface area contributed by atoms with Crippen molar-refractivity contribution in [1.82, 2.24) is 0 Å². The highest BCUT2D eigenvalue weighted by Crippen LogP contribution is 2.38. The Labute approximate surface area is 197 Å². The average molecular weight is 483 g/mol. The van der Waals surface area contributed by atoms with Crippen molar-refractivity contribution in [2.45, 2.75) is 0 Å². The predicted molar refractivity (Wildman–Crippen MR) is 121 cm³/mol. The maximum Gasteiger partial charge on any atom is 0.286 e. The SMILES string of the molecule is C(=C\c1ccccc1)/C=C(\c1ccccc1)c1sc(-c2ccccc2)c[s+]1.[O-][Cl+3]([O-])([O-])[O-]. The average Bonchev–Trinajstić information content (AvgIpc) is 3.27. The van der Waals surface area contributed by atoms with Crippen LogP contribution in [0.1, 0.15) is 15.3 Å². The lowest BCUT2D eigenvalue weighted by Gasteiger charge is -2.17. The van der Waals surface area contributed by atoms with E-state index in [1.165, 1.54) is 31.3 Å². The molecule has 0 fully saturated rings. The molecule has 0 unspecified atom stereocenters. The molecule has 4 aromatic rings. The highest BCUT2D eigenvalue weighted by Gasteiger charge is 2.20. The van der Waals surface area contributed by atoms with Gasteiger partial charge in [0.15, 0.2) is 4.88 Å². The van der Waals surface area contributed by atoms with Crippen LogP contribution in [0.3, 0.4) is 0 Å². The number of rotatable bonds is 5. The van der Waals surface area contributed by atoms with Crippen molar-refractivity contribution in [3.63, 3.8) is 0 Å². The first-order chi connectivity index (χ1) is 15.4. The molecule has 0 spiro atoms. The van der Waals surface area contributed by atoms with Crippen LogP contribution in [0, 0.1) is 10.2 Å². The van der Waals surface area contributed by atoms with Gasteiger partial charge in [-0.2, -0.15) is 0 Å². The standard InChI is InChI=1S/C25H19S2.ClHO4/c1-4-11-20(12-5-1)13-10-18-23(21-14-6-2-7-15-21)25-26-19-24(27-25)22-16-8-3-9-17-22;2-1(3,4)5/h1-19H;(H,2,3,4,5)/q+1;/p-1/b13-10+,23-18+;. The topological polar surface area (TPSA) is 92.2 Å². The number of hydrogen-bond acceptors (Lipinski definition) is 5.